The minimum atomic E-state index is -3.84. The molecule has 0 saturated heterocycles. The molecule has 0 radical (unpaired) electrons. The van der Waals surface area contributed by atoms with E-state index in [9.17, 15) is 13.2 Å². The number of primary sulfonamides is 1. The highest BCUT2D eigenvalue weighted by Crippen LogP contribution is 2.36. The summed E-state index contributed by atoms with van der Waals surface area (Å²) in [4.78, 5) is 12.4. The summed E-state index contributed by atoms with van der Waals surface area (Å²) in [6.45, 7) is 2.86. The third-order valence-corrected chi connectivity index (χ3v) is 5.47. The fourth-order valence-corrected chi connectivity index (χ4v) is 3.83. The van der Waals surface area contributed by atoms with Crippen LogP contribution in [0.25, 0.3) is 22.6 Å². The van der Waals surface area contributed by atoms with E-state index in [1.54, 1.807) is 12.1 Å². The molecular formula is C19H17N3O3S. The van der Waals surface area contributed by atoms with E-state index in [1.165, 1.54) is 12.1 Å². The Bertz CT molecular complexity index is 1190. The molecule has 1 aliphatic heterocycles. The zero-order valence-corrected chi connectivity index (χ0v) is 14.9. The van der Waals surface area contributed by atoms with Crippen molar-refractivity contribution in [1.29, 1.82) is 0 Å². The van der Waals surface area contributed by atoms with Gasteiger partial charge >= 0.3 is 0 Å². The van der Waals surface area contributed by atoms with Crippen LogP contribution in [0.5, 0.6) is 0 Å². The number of nitrogens with two attached hydrogens (primary N) is 1. The molecule has 3 N–H and O–H groups in total. The van der Waals surface area contributed by atoms with Crippen molar-refractivity contribution in [3.05, 3.63) is 59.8 Å². The number of fused-ring (bicyclic) bond motifs is 2. The van der Waals surface area contributed by atoms with Crippen LogP contribution in [-0.4, -0.2) is 18.9 Å². The van der Waals surface area contributed by atoms with Crippen LogP contribution in [-0.2, 0) is 21.4 Å². The van der Waals surface area contributed by atoms with Crippen LogP contribution >= 0.6 is 0 Å². The molecule has 1 aromatic heterocycles. The number of amides is 1. The van der Waals surface area contributed by atoms with E-state index in [4.69, 9.17) is 5.14 Å². The highest BCUT2D eigenvalue weighted by Gasteiger charge is 2.26. The number of hydrogen-bond donors (Lipinski definition) is 2. The molecule has 2 aromatic carbocycles. The van der Waals surface area contributed by atoms with Crippen molar-refractivity contribution >= 4 is 44.2 Å². The first-order chi connectivity index (χ1) is 12.4. The van der Waals surface area contributed by atoms with Gasteiger partial charge in [0.15, 0.2) is 0 Å². The zero-order chi connectivity index (χ0) is 18.5. The highest BCUT2D eigenvalue weighted by molar-refractivity contribution is 7.89. The SMILES string of the molecule is CCn1cc(C=C2C(=O)Nc3ccc(S(N)(=O)=O)cc32)c2ccccc21. The van der Waals surface area contributed by atoms with Crippen molar-refractivity contribution in [1.82, 2.24) is 4.57 Å². The van der Waals surface area contributed by atoms with E-state index in [1.807, 2.05) is 30.5 Å². The van der Waals surface area contributed by atoms with Crippen molar-refractivity contribution in [2.24, 2.45) is 5.14 Å². The van der Waals surface area contributed by atoms with Crippen molar-refractivity contribution < 1.29 is 13.2 Å². The normalized spacial score (nSPS) is 15.5. The van der Waals surface area contributed by atoms with E-state index in [2.05, 4.69) is 16.8 Å². The first kappa shape index (κ1) is 16.6. The van der Waals surface area contributed by atoms with Gasteiger partial charge in [-0.2, -0.15) is 0 Å². The number of anilines is 1. The van der Waals surface area contributed by atoms with Crippen molar-refractivity contribution in [2.45, 2.75) is 18.4 Å². The standard InChI is InChI=1S/C19H17N3O3S/c1-2-22-11-12(14-5-3-4-6-18(14)22)9-16-15-10-13(26(20,24)25)7-8-17(15)21-19(16)23/h3-11H,2H2,1H3,(H,21,23)(H2,20,24,25). The summed E-state index contributed by atoms with van der Waals surface area (Å²) >= 11 is 0. The molecule has 0 saturated carbocycles. The zero-order valence-electron chi connectivity index (χ0n) is 14.1. The topological polar surface area (TPSA) is 94.2 Å². The third-order valence-electron chi connectivity index (χ3n) is 4.56. The largest absolute Gasteiger partial charge is 0.347 e. The predicted octanol–water partition coefficient (Wildman–Crippen LogP) is 2.80. The summed E-state index contributed by atoms with van der Waals surface area (Å²) in [6, 6.07) is 12.3. The monoisotopic (exact) mass is 367 g/mol. The molecule has 26 heavy (non-hydrogen) atoms. The van der Waals surface area contributed by atoms with Crippen LogP contribution in [0.4, 0.5) is 5.69 Å². The molecule has 0 fully saturated rings. The molecule has 0 bridgehead atoms. The van der Waals surface area contributed by atoms with Gasteiger partial charge in [0.2, 0.25) is 10.0 Å². The number of aryl methyl sites for hydroxylation is 1. The van der Waals surface area contributed by atoms with E-state index >= 15 is 0 Å². The van der Waals surface area contributed by atoms with Gasteiger partial charge in [-0.05, 0) is 37.3 Å². The summed E-state index contributed by atoms with van der Waals surface area (Å²) in [5.74, 6) is -0.264. The number of sulfonamides is 1. The van der Waals surface area contributed by atoms with Crippen molar-refractivity contribution in [2.75, 3.05) is 5.32 Å². The van der Waals surface area contributed by atoms with Gasteiger partial charge < -0.3 is 9.88 Å². The van der Waals surface area contributed by atoms with Crippen LogP contribution in [0.15, 0.2) is 53.6 Å². The molecule has 0 atom stereocenters. The molecule has 6 nitrogen and oxygen atoms in total. The average molecular weight is 367 g/mol. The van der Waals surface area contributed by atoms with Gasteiger partial charge in [0.25, 0.3) is 5.91 Å². The Morgan fingerprint density at radius 1 is 1.19 bits per heavy atom. The van der Waals surface area contributed by atoms with Crippen LogP contribution in [0.2, 0.25) is 0 Å². The molecule has 0 aliphatic carbocycles. The number of aromatic nitrogens is 1. The Morgan fingerprint density at radius 3 is 2.69 bits per heavy atom. The number of nitrogens with zero attached hydrogens (tertiary/aromatic N) is 1. The summed E-state index contributed by atoms with van der Waals surface area (Å²) in [5, 5.41) is 9.02. The Morgan fingerprint density at radius 2 is 1.96 bits per heavy atom. The van der Waals surface area contributed by atoms with Gasteiger partial charge in [-0.3, -0.25) is 4.79 Å². The third kappa shape index (κ3) is 2.61. The lowest BCUT2D eigenvalue weighted by atomic mass is 10.0. The number of hydrogen-bond acceptors (Lipinski definition) is 3. The molecule has 4 rings (SSSR count). The summed E-state index contributed by atoms with van der Waals surface area (Å²) in [5.41, 5.74) is 3.52. The Kier molecular flexibility index (Phi) is 3.71. The maximum atomic E-state index is 12.4. The predicted molar refractivity (Wildman–Crippen MR) is 102 cm³/mol. The summed E-state index contributed by atoms with van der Waals surface area (Å²) in [6.07, 6.45) is 3.79. The summed E-state index contributed by atoms with van der Waals surface area (Å²) in [7, 11) is -3.84. The maximum absolute atomic E-state index is 12.4. The minimum Gasteiger partial charge on any atom is -0.347 e. The van der Waals surface area contributed by atoms with E-state index < -0.39 is 10.0 Å². The number of benzene rings is 2. The first-order valence-corrected chi connectivity index (χ1v) is 9.71. The lowest BCUT2D eigenvalue weighted by molar-refractivity contribution is -0.110. The van der Waals surface area contributed by atoms with Gasteiger partial charge in [-0.1, -0.05) is 18.2 Å². The quantitative estimate of drug-likeness (QED) is 0.697. The number of nitrogens with one attached hydrogen (secondary N) is 1. The maximum Gasteiger partial charge on any atom is 0.256 e. The average Bonchev–Trinajstić information content (AvgIpc) is 3.12. The van der Waals surface area contributed by atoms with Gasteiger partial charge in [0, 0.05) is 46.0 Å². The van der Waals surface area contributed by atoms with Crippen LogP contribution in [0.1, 0.15) is 18.1 Å². The van der Waals surface area contributed by atoms with E-state index in [0.29, 0.717) is 16.8 Å². The fourth-order valence-electron chi connectivity index (χ4n) is 3.29. The second-order valence-corrected chi connectivity index (χ2v) is 7.71. The van der Waals surface area contributed by atoms with Crippen LogP contribution < -0.4 is 10.5 Å². The van der Waals surface area contributed by atoms with Crippen LogP contribution in [0.3, 0.4) is 0 Å². The molecule has 3 aromatic rings. The number of carbonyl (C=O) groups is 1. The molecule has 132 valence electrons. The van der Waals surface area contributed by atoms with E-state index in [-0.39, 0.29) is 10.8 Å². The lowest BCUT2D eigenvalue weighted by Crippen LogP contribution is -2.12. The molecule has 1 amide bonds. The van der Waals surface area contributed by atoms with Gasteiger partial charge in [0.05, 0.1) is 4.90 Å². The molecule has 0 unspecified atom stereocenters. The molecule has 0 spiro atoms. The second kappa shape index (κ2) is 5.82. The van der Waals surface area contributed by atoms with Gasteiger partial charge in [0.1, 0.15) is 0 Å². The second-order valence-electron chi connectivity index (χ2n) is 6.15. The van der Waals surface area contributed by atoms with Crippen molar-refractivity contribution in [3.8, 4) is 0 Å². The number of carbonyl (C=O) groups excluding carboxylic acids is 1. The van der Waals surface area contributed by atoms with Crippen LogP contribution in [0, 0.1) is 0 Å². The molecular weight excluding hydrogens is 350 g/mol. The fraction of sp³-hybridized carbons (Fsp3) is 0.105. The summed E-state index contributed by atoms with van der Waals surface area (Å²) < 4.78 is 25.4. The molecule has 1 aliphatic rings. The molecule has 7 heteroatoms. The Hall–Kier alpha value is -2.90. The van der Waals surface area contributed by atoms with E-state index in [0.717, 1.165) is 23.0 Å². The van der Waals surface area contributed by atoms with Gasteiger partial charge in [-0.25, -0.2) is 13.6 Å². The minimum absolute atomic E-state index is 0.0189. The van der Waals surface area contributed by atoms with Crippen molar-refractivity contribution in [3.63, 3.8) is 0 Å². The smallest absolute Gasteiger partial charge is 0.256 e. The first-order valence-electron chi connectivity index (χ1n) is 8.16. The lowest BCUT2D eigenvalue weighted by Gasteiger charge is -2.02. The van der Waals surface area contributed by atoms with Gasteiger partial charge in [-0.15, -0.1) is 0 Å². The number of para-hydroxylation sites is 1. The molecule has 2 heterocycles. The Balaban J connectivity index is 1.92. The number of rotatable bonds is 3. The highest BCUT2D eigenvalue weighted by atomic mass is 32.2. The Labute approximate surface area is 151 Å².